The first-order valence-electron chi connectivity index (χ1n) is 9.38. The van der Waals surface area contributed by atoms with Crippen molar-refractivity contribution in [3.8, 4) is 16.9 Å². The van der Waals surface area contributed by atoms with Crippen molar-refractivity contribution in [1.82, 2.24) is 4.90 Å². The second-order valence-electron chi connectivity index (χ2n) is 7.03. The van der Waals surface area contributed by atoms with Crippen LogP contribution in [0, 0.1) is 6.92 Å². The van der Waals surface area contributed by atoms with Crippen molar-refractivity contribution in [2.75, 3.05) is 13.7 Å². The first kappa shape index (κ1) is 19.0. The summed E-state index contributed by atoms with van der Waals surface area (Å²) >= 11 is 7.64. The summed E-state index contributed by atoms with van der Waals surface area (Å²) in [4.78, 5) is 15.7. The fourth-order valence-electron chi connectivity index (χ4n) is 3.95. The van der Waals surface area contributed by atoms with Gasteiger partial charge in [0, 0.05) is 6.54 Å². The Bertz CT molecular complexity index is 1010. The number of ether oxygens (including phenoxy) is 1. The average molecular weight is 412 g/mol. The number of nitrogens with zero attached hydrogens (tertiary/aromatic N) is 1. The van der Waals surface area contributed by atoms with Crippen LogP contribution in [0.25, 0.3) is 11.1 Å². The molecule has 0 spiro atoms. The molecule has 3 nitrogen and oxygen atoms in total. The Kier molecular flexibility index (Phi) is 5.42. The highest BCUT2D eigenvalue weighted by molar-refractivity contribution is 7.12. The molecule has 3 aromatic rings. The van der Waals surface area contributed by atoms with Crippen LogP contribution in [0.5, 0.6) is 5.75 Å². The minimum Gasteiger partial charge on any atom is -0.496 e. The van der Waals surface area contributed by atoms with Crippen LogP contribution < -0.4 is 4.74 Å². The Morgan fingerprint density at radius 3 is 2.79 bits per heavy atom. The summed E-state index contributed by atoms with van der Waals surface area (Å²) in [6.07, 6.45) is 1.94. The topological polar surface area (TPSA) is 29.5 Å². The molecular formula is C23H22ClNO2S. The van der Waals surface area contributed by atoms with E-state index in [1.165, 1.54) is 16.9 Å². The molecule has 1 amide bonds. The predicted octanol–water partition coefficient (Wildman–Crippen LogP) is 6.36. The molecule has 0 N–H and O–H groups in total. The maximum Gasteiger partial charge on any atom is 0.265 e. The summed E-state index contributed by atoms with van der Waals surface area (Å²) in [5, 5.41) is 2.41. The first-order valence-corrected chi connectivity index (χ1v) is 10.6. The molecule has 0 radical (unpaired) electrons. The maximum absolute atomic E-state index is 13.1. The van der Waals surface area contributed by atoms with Crippen molar-refractivity contribution < 1.29 is 9.53 Å². The highest BCUT2D eigenvalue weighted by Gasteiger charge is 2.33. The lowest BCUT2D eigenvalue weighted by Gasteiger charge is -2.27. The van der Waals surface area contributed by atoms with Gasteiger partial charge >= 0.3 is 0 Å². The Morgan fingerprint density at radius 2 is 2.04 bits per heavy atom. The van der Waals surface area contributed by atoms with Gasteiger partial charge in [-0.3, -0.25) is 4.79 Å². The van der Waals surface area contributed by atoms with E-state index < -0.39 is 0 Å². The molecule has 1 fully saturated rings. The summed E-state index contributed by atoms with van der Waals surface area (Å²) in [5.74, 6) is 0.899. The molecule has 144 valence electrons. The standard InChI is InChI=1S/C23H22ClNO2S/c1-15-9-10-16(14-21(15)27-2)17-6-3-4-7-18(17)20-8-5-12-25(20)23(26)22-19(24)11-13-28-22/h3-4,6-7,9-11,13-14,20H,5,8,12H2,1-2H3/t20-/m0/s1. The van der Waals surface area contributed by atoms with E-state index in [-0.39, 0.29) is 11.9 Å². The number of benzene rings is 2. The molecule has 4 rings (SSSR count). The van der Waals surface area contributed by atoms with E-state index in [1.54, 1.807) is 13.2 Å². The summed E-state index contributed by atoms with van der Waals surface area (Å²) < 4.78 is 5.52. The van der Waals surface area contributed by atoms with Crippen molar-refractivity contribution >= 4 is 28.8 Å². The van der Waals surface area contributed by atoms with E-state index in [4.69, 9.17) is 16.3 Å². The van der Waals surface area contributed by atoms with E-state index in [2.05, 4.69) is 30.3 Å². The maximum atomic E-state index is 13.1. The van der Waals surface area contributed by atoms with Gasteiger partial charge in [-0.15, -0.1) is 11.3 Å². The number of hydrogen-bond donors (Lipinski definition) is 0. The van der Waals surface area contributed by atoms with Gasteiger partial charge in [0.15, 0.2) is 0 Å². The van der Waals surface area contributed by atoms with Gasteiger partial charge in [0.1, 0.15) is 10.6 Å². The average Bonchev–Trinajstić information content (AvgIpc) is 3.37. The second kappa shape index (κ2) is 7.98. The lowest BCUT2D eigenvalue weighted by atomic mass is 9.93. The number of hydrogen-bond acceptors (Lipinski definition) is 3. The fraction of sp³-hybridized carbons (Fsp3) is 0.261. The fourth-order valence-corrected chi connectivity index (χ4v) is 5.04. The van der Waals surface area contributed by atoms with Crippen LogP contribution in [0.1, 0.15) is 39.7 Å². The van der Waals surface area contributed by atoms with Crippen LogP contribution in [0.4, 0.5) is 0 Å². The predicted molar refractivity (Wildman–Crippen MR) is 116 cm³/mol. The van der Waals surface area contributed by atoms with E-state index in [0.29, 0.717) is 9.90 Å². The van der Waals surface area contributed by atoms with Crippen molar-refractivity contribution in [1.29, 1.82) is 0 Å². The zero-order valence-corrected chi connectivity index (χ0v) is 17.5. The smallest absolute Gasteiger partial charge is 0.265 e. The number of methoxy groups -OCH3 is 1. The number of likely N-dealkylation sites (tertiary alicyclic amines) is 1. The number of aryl methyl sites for hydroxylation is 1. The van der Waals surface area contributed by atoms with Crippen LogP contribution in [-0.4, -0.2) is 24.5 Å². The van der Waals surface area contributed by atoms with Crippen LogP contribution in [0.3, 0.4) is 0 Å². The minimum atomic E-state index is 0.0267. The SMILES string of the molecule is COc1cc(-c2ccccc2[C@@H]2CCCN2C(=O)c2sccc2Cl)ccc1C. The van der Waals surface area contributed by atoms with Gasteiger partial charge in [0.25, 0.3) is 5.91 Å². The van der Waals surface area contributed by atoms with Crippen LogP contribution >= 0.6 is 22.9 Å². The highest BCUT2D eigenvalue weighted by Crippen LogP contribution is 2.40. The number of carbonyl (C=O) groups excluding carboxylic acids is 1. The van der Waals surface area contributed by atoms with Crippen LogP contribution in [0.2, 0.25) is 5.02 Å². The molecule has 1 aliphatic rings. The van der Waals surface area contributed by atoms with E-state index >= 15 is 0 Å². The summed E-state index contributed by atoms with van der Waals surface area (Å²) in [6.45, 7) is 2.79. The minimum absolute atomic E-state index is 0.0267. The quantitative estimate of drug-likeness (QED) is 0.499. The van der Waals surface area contributed by atoms with Crippen molar-refractivity contribution in [2.45, 2.75) is 25.8 Å². The Morgan fingerprint density at radius 1 is 1.21 bits per heavy atom. The van der Waals surface area contributed by atoms with E-state index in [1.807, 2.05) is 29.3 Å². The summed E-state index contributed by atoms with van der Waals surface area (Å²) in [5.41, 5.74) is 4.52. The molecule has 28 heavy (non-hydrogen) atoms. The molecule has 0 aliphatic carbocycles. The third kappa shape index (κ3) is 3.43. The van der Waals surface area contributed by atoms with Crippen LogP contribution in [-0.2, 0) is 0 Å². The second-order valence-corrected chi connectivity index (χ2v) is 8.35. The van der Waals surface area contributed by atoms with Gasteiger partial charge < -0.3 is 9.64 Å². The van der Waals surface area contributed by atoms with Gasteiger partial charge in [0.05, 0.1) is 18.2 Å². The molecule has 0 bridgehead atoms. The molecule has 2 aromatic carbocycles. The van der Waals surface area contributed by atoms with E-state index in [9.17, 15) is 4.79 Å². The monoisotopic (exact) mass is 411 g/mol. The van der Waals surface area contributed by atoms with Crippen molar-refractivity contribution in [3.05, 3.63) is 74.9 Å². The number of thiophene rings is 1. The summed E-state index contributed by atoms with van der Waals surface area (Å²) in [7, 11) is 1.69. The molecule has 0 unspecified atom stereocenters. The van der Waals surface area contributed by atoms with Crippen molar-refractivity contribution in [3.63, 3.8) is 0 Å². The lowest BCUT2D eigenvalue weighted by Crippen LogP contribution is -2.30. The number of halogens is 1. The van der Waals surface area contributed by atoms with Crippen molar-refractivity contribution in [2.24, 2.45) is 0 Å². The molecule has 1 aromatic heterocycles. The normalized spacial score (nSPS) is 16.4. The highest BCUT2D eigenvalue weighted by atomic mass is 35.5. The molecular weight excluding hydrogens is 390 g/mol. The Labute approximate surface area is 174 Å². The van der Waals surface area contributed by atoms with Gasteiger partial charge in [-0.2, -0.15) is 0 Å². The number of rotatable bonds is 4. The zero-order valence-electron chi connectivity index (χ0n) is 15.9. The molecule has 1 saturated heterocycles. The largest absolute Gasteiger partial charge is 0.496 e. The molecule has 5 heteroatoms. The number of amides is 1. The molecule has 0 saturated carbocycles. The Balaban J connectivity index is 1.73. The van der Waals surface area contributed by atoms with E-state index in [0.717, 1.165) is 41.8 Å². The van der Waals surface area contributed by atoms with Crippen LogP contribution in [0.15, 0.2) is 53.9 Å². The molecule has 1 atom stereocenters. The van der Waals surface area contributed by atoms with Gasteiger partial charge in [-0.25, -0.2) is 0 Å². The third-order valence-corrected chi connectivity index (χ3v) is 6.69. The van der Waals surface area contributed by atoms with Gasteiger partial charge in [-0.1, -0.05) is 48.0 Å². The zero-order chi connectivity index (χ0) is 19.7. The van der Waals surface area contributed by atoms with Gasteiger partial charge in [0.2, 0.25) is 0 Å². The molecule has 2 heterocycles. The van der Waals surface area contributed by atoms with Gasteiger partial charge in [-0.05, 0) is 59.5 Å². The number of carbonyl (C=O) groups is 1. The third-order valence-electron chi connectivity index (χ3n) is 5.36. The summed E-state index contributed by atoms with van der Waals surface area (Å²) in [6, 6.07) is 16.5. The Hall–Kier alpha value is -2.30. The lowest BCUT2D eigenvalue weighted by molar-refractivity contribution is 0.0741. The molecule has 1 aliphatic heterocycles. The first-order chi connectivity index (χ1) is 13.6.